The van der Waals surface area contributed by atoms with E-state index in [1.54, 1.807) is 6.07 Å². The summed E-state index contributed by atoms with van der Waals surface area (Å²) in [5.74, 6) is -0.894. The van der Waals surface area contributed by atoms with Crippen molar-refractivity contribution in [2.24, 2.45) is 0 Å². The van der Waals surface area contributed by atoms with E-state index < -0.39 is 11.8 Å². The van der Waals surface area contributed by atoms with E-state index in [0.717, 1.165) is 55.2 Å². The molecule has 2 heterocycles. The summed E-state index contributed by atoms with van der Waals surface area (Å²) in [4.78, 5) is 45.6. The molecule has 264 valence electrons. The molecular weight excluding hydrogens is 689 g/mol. The van der Waals surface area contributed by atoms with Gasteiger partial charge < -0.3 is 4.57 Å². The lowest BCUT2D eigenvalue weighted by molar-refractivity contribution is 0.0925. The number of rotatable bonds is 7. The molecule has 8 aromatic carbocycles. The maximum atomic E-state index is 15.3. The predicted molar refractivity (Wildman–Crippen MR) is 225 cm³/mol. The second kappa shape index (κ2) is 13.3. The van der Waals surface area contributed by atoms with Gasteiger partial charge in [0.1, 0.15) is 0 Å². The number of imide groups is 1. The van der Waals surface area contributed by atoms with Crippen LogP contribution in [-0.4, -0.2) is 22.2 Å². The molecule has 0 spiro atoms. The van der Waals surface area contributed by atoms with Crippen molar-refractivity contribution in [2.45, 2.75) is 0 Å². The van der Waals surface area contributed by atoms with Crippen LogP contribution in [0.5, 0.6) is 0 Å². The van der Waals surface area contributed by atoms with Gasteiger partial charge in [-0.1, -0.05) is 158 Å². The number of aromatic nitrogens is 1. The molecule has 0 bridgehead atoms. The van der Waals surface area contributed by atoms with Crippen LogP contribution in [0.15, 0.2) is 194 Å². The summed E-state index contributed by atoms with van der Waals surface area (Å²) in [6, 6.07) is 62.5. The topological polar surface area (TPSA) is 59.4 Å². The minimum atomic E-state index is -0.412. The van der Waals surface area contributed by atoms with Gasteiger partial charge in [-0.15, -0.1) is 0 Å². The average molecular weight is 721 g/mol. The van der Waals surface area contributed by atoms with Gasteiger partial charge in [0.05, 0.1) is 33.5 Å². The first kappa shape index (κ1) is 33.0. The van der Waals surface area contributed by atoms with Crippen LogP contribution < -0.4 is 4.90 Å². The van der Waals surface area contributed by atoms with Gasteiger partial charge in [0.15, 0.2) is 5.78 Å². The molecule has 56 heavy (non-hydrogen) atoms. The van der Waals surface area contributed by atoms with E-state index in [2.05, 4.69) is 24.3 Å². The van der Waals surface area contributed by atoms with Crippen molar-refractivity contribution in [3.05, 3.63) is 216 Å². The van der Waals surface area contributed by atoms with E-state index in [4.69, 9.17) is 0 Å². The lowest BCUT2D eigenvalue weighted by atomic mass is 9.90. The van der Waals surface area contributed by atoms with Crippen molar-refractivity contribution >= 4 is 45.1 Å². The number of amides is 2. The molecule has 0 N–H and O–H groups in total. The zero-order valence-corrected chi connectivity index (χ0v) is 30.1. The number of anilines is 1. The Bertz CT molecular complexity index is 2950. The number of carbonyl (C=O) groups is 3. The zero-order valence-electron chi connectivity index (χ0n) is 30.1. The first-order valence-corrected chi connectivity index (χ1v) is 18.6. The van der Waals surface area contributed by atoms with Gasteiger partial charge in [0.25, 0.3) is 11.8 Å². The van der Waals surface area contributed by atoms with E-state index in [-0.39, 0.29) is 5.78 Å². The molecule has 0 radical (unpaired) electrons. The normalized spacial score (nSPS) is 12.4. The van der Waals surface area contributed by atoms with E-state index in [1.165, 1.54) is 4.90 Å². The van der Waals surface area contributed by atoms with Crippen molar-refractivity contribution < 1.29 is 14.4 Å². The smallest absolute Gasteiger partial charge is 0.268 e. The Morgan fingerprint density at radius 3 is 1.61 bits per heavy atom. The zero-order chi connectivity index (χ0) is 37.8. The second-order valence-corrected chi connectivity index (χ2v) is 13.9. The van der Waals surface area contributed by atoms with E-state index >= 15 is 4.79 Å². The largest absolute Gasteiger partial charge is 0.308 e. The Morgan fingerprint density at radius 2 is 0.964 bits per heavy atom. The number of para-hydroxylation sites is 1. The van der Waals surface area contributed by atoms with E-state index in [9.17, 15) is 9.59 Å². The van der Waals surface area contributed by atoms with Crippen LogP contribution >= 0.6 is 0 Å². The number of hydrogen-bond acceptors (Lipinski definition) is 3. The quantitative estimate of drug-likeness (QED) is 0.122. The number of nitrogens with zero attached hydrogens (tertiary/aromatic N) is 2. The van der Waals surface area contributed by atoms with Gasteiger partial charge in [0, 0.05) is 33.0 Å². The summed E-state index contributed by atoms with van der Waals surface area (Å²) in [5, 5.41) is 1.67. The Morgan fingerprint density at radius 1 is 0.429 bits per heavy atom. The predicted octanol–water partition coefficient (Wildman–Crippen LogP) is 11.8. The molecule has 1 aromatic heterocycles. The maximum Gasteiger partial charge on any atom is 0.268 e. The molecule has 10 rings (SSSR count). The summed E-state index contributed by atoms with van der Waals surface area (Å²) < 4.78 is 2.02. The summed E-state index contributed by atoms with van der Waals surface area (Å²) in [6.07, 6.45) is 0. The lowest BCUT2D eigenvalue weighted by Crippen LogP contribution is -2.30. The average Bonchev–Trinajstić information content (AvgIpc) is 3.74. The third-order valence-electron chi connectivity index (χ3n) is 10.7. The molecule has 0 aliphatic carbocycles. The SMILES string of the molecule is O=C(c1ccccc1)c1cccc2c1c1ccccc1n2-c1cccc2c1C(=O)N(c1c(-c3ccccc3)cc(-c3ccccc3)cc1-c1ccccc1)C2=O. The Balaban J connectivity index is 1.21. The first-order chi connectivity index (χ1) is 27.6. The third-order valence-corrected chi connectivity index (χ3v) is 10.7. The monoisotopic (exact) mass is 720 g/mol. The summed E-state index contributed by atoms with van der Waals surface area (Å²) in [5.41, 5.74) is 9.77. The highest BCUT2D eigenvalue weighted by molar-refractivity contribution is 6.37. The summed E-state index contributed by atoms with van der Waals surface area (Å²) >= 11 is 0. The summed E-state index contributed by atoms with van der Waals surface area (Å²) in [6.45, 7) is 0. The highest BCUT2D eigenvalue weighted by Gasteiger charge is 2.42. The number of hydrogen-bond donors (Lipinski definition) is 0. The Kier molecular flexibility index (Phi) is 7.86. The molecule has 1 aliphatic heterocycles. The van der Waals surface area contributed by atoms with Gasteiger partial charge >= 0.3 is 0 Å². The molecule has 0 saturated heterocycles. The van der Waals surface area contributed by atoms with E-state index in [1.807, 2.05) is 168 Å². The fourth-order valence-electron chi connectivity index (χ4n) is 8.22. The van der Waals surface area contributed by atoms with Gasteiger partial charge in [-0.3, -0.25) is 14.4 Å². The highest BCUT2D eigenvalue weighted by Crippen LogP contribution is 2.47. The van der Waals surface area contributed by atoms with Crippen LogP contribution in [0.2, 0.25) is 0 Å². The molecule has 5 nitrogen and oxygen atoms in total. The maximum absolute atomic E-state index is 15.3. The number of fused-ring (bicyclic) bond motifs is 4. The van der Waals surface area contributed by atoms with Crippen LogP contribution in [-0.2, 0) is 0 Å². The number of carbonyl (C=O) groups excluding carboxylic acids is 3. The van der Waals surface area contributed by atoms with Gasteiger partial charge in [-0.25, -0.2) is 4.90 Å². The van der Waals surface area contributed by atoms with Crippen molar-refractivity contribution in [1.29, 1.82) is 0 Å². The van der Waals surface area contributed by atoms with Crippen LogP contribution in [0, 0.1) is 0 Å². The minimum absolute atomic E-state index is 0.0874. The highest BCUT2D eigenvalue weighted by atomic mass is 16.2. The lowest BCUT2D eigenvalue weighted by Gasteiger charge is -2.24. The first-order valence-electron chi connectivity index (χ1n) is 18.6. The second-order valence-electron chi connectivity index (χ2n) is 13.9. The molecule has 0 atom stereocenters. The molecule has 0 fully saturated rings. The fraction of sp³-hybridized carbons (Fsp3) is 0. The minimum Gasteiger partial charge on any atom is -0.308 e. The molecule has 0 unspecified atom stereocenters. The van der Waals surface area contributed by atoms with Crippen LogP contribution in [0.25, 0.3) is 60.9 Å². The number of ketones is 1. The standard InChI is InChI=1S/C51H32N2O3/c54-49(36-23-11-4-12-24-36)39-26-15-29-44-46(39)38-25-13-14-28-43(38)52(44)45-30-16-27-40-47(45)51(56)53(50(40)55)48-41(34-19-7-2-8-20-34)31-37(33-17-5-1-6-18-33)32-42(48)35-21-9-3-10-22-35/h1-32H. The van der Waals surface area contributed by atoms with Crippen molar-refractivity contribution in [2.75, 3.05) is 4.90 Å². The van der Waals surface area contributed by atoms with Gasteiger partial charge in [-0.05, 0) is 58.7 Å². The Hall–Kier alpha value is -7.63. The molecule has 0 saturated carbocycles. The van der Waals surface area contributed by atoms with Gasteiger partial charge in [0.2, 0.25) is 0 Å². The van der Waals surface area contributed by atoms with Crippen molar-refractivity contribution in [1.82, 2.24) is 4.57 Å². The fourth-order valence-corrected chi connectivity index (χ4v) is 8.22. The van der Waals surface area contributed by atoms with Gasteiger partial charge in [-0.2, -0.15) is 0 Å². The molecule has 2 amide bonds. The van der Waals surface area contributed by atoms with Crippen LogP contribution in [0.4, 0.5) is 5.69 Å². The van der Waals surface area contributed by atoms with Crippen molar-refractivity contribution in [3.8, 4) is 39.1 Å². The third kappa shape index (κ3) is 5.21. The molecular formula is C51H32N2O3. The van der Waals surface area contributed by atoms with E-state index in [0.29, 0.717) is 33.6 Å². The molecule has 9 aromatic rings. The molecule has 5 heteroatoms. The van der Waals surface area contributed by atoms with Crippen molar-refractivity contribution in [3.63, 3.8) is 0 Å². The summed E-state index contributed by atoms with van der Waals surface area (Å²) in [7, 11) is 0. The molecule has 1 aliphatic rings. The van der Waals surface area contributed by atoms with Crippen LogP contribution in [0.3, 0.4) is 0 Å². The number of benzene rings is 8. The Labute approximate surface area is 323 Å². The van der Waals surface area contributed by atoms with Crippen LogP contribution in [0.1, 0.15) is 36.6 Å².